The molecule has 0 unspecified atom stereocenters. The van der Waals surface area contributed by atoms with Gasteiger partial charge in [0.2, 0.25) is 5.91 Å². The number of nitrogens with zero attached hydrogens (tertiary/aromatic N) is 3. The molecular formula is C21H25N3O2. The number of piperazine rings is 1. The molecule has 2 amide bonds. The Balaban J connectivity index is 1.48. The van der Waals surface area contributed by atoms with Crippen molar-refractivity contribution in [3.05, 3.63) is 65.5 Å². The van der Waals surface area contributed by atoms with Crippen LogP contribution in [0.3, 0.4) is 0 Å². The van der Waals surface area contributed by atoms with Crippen LogP contribution in [-0.2, 0) is 17.6 Å². The molecular weight excluding hydrogens is 326 g/mol. The Labute approximate surface area is 154 Å². The summed E-state index contributed by atoms with van der Waals surface area (Å²) in [5, 5.41) is 0. The largest absolute Gasteiger partial charge is 0.339 e. The van der Waals surface area contributed by atoms with Gasteiger partial charge in [0.1, 0.15) is 0 Å². The van der Waals surface area contributed by atoms with Gasteiger partial charge in [-0.05, 0) is 42.2 Å². The first-order chi connectivity index (χ1) is 12.7. The average molecular weight is 351 g/mol. The highest BCUT2D eigenvalue weighted by Crippen LogP contribution is 2.12. The third-order valence-corrected chi connectivity index (χ3v) is 4.88. The molecule has 1 aliphatic rings. The van der Waals surface area contributed by atoms with Gasteiger partial charge in [-0.15, -0.1) is 0 Å². The van der Waals surface area contributed by atoms with Crippen molar-refractivity contribution in [2.45, 2.75) is 26.2 Å². The van der Waals surface area contributed by atoms with Crippen molar-refractivity contribution in [2.75, 3.05) is 26.2 Å². The maximum atomic E-state index is 12.6. The van der Waals surface area contributed by atoms with Gasteiger partial charge in [0.25, 0.3) is 5.91 Å². The van der Waals surface area contributed by atoms with Crippen molar-refractivity contribution in [3.8, 4) is 0 Å². The maximum Gasteiger partial charge on any atom is 0.253 e. The molecule has 0 atom stereocenters. The molecule has 2 aromatic rings. The Hall–Kier alpha value is -2.69. The highest BCUT2D eigenvalue weighted by molar-refractivity contribution is 5.94. The fourth-order valence-electron chi connectivity index (χ4n) is 3.18. The number of amides is 2. The first kappa shape index (κ1) is 18.1. The number of aromatic nitrogens is 1. The van der Waals surface area contributed by atoms with Gasteiger partial charge in [-0.3, -0.25) is 14.6 Å². The van der Waals surface area contributed by atoms with E-state index in [-0.39, 0.29) is 11.8 Å². The zero-order valence-electron chi connectivity index (χ0n) is 15.2. The van der Waals surface area contributed by atoms with E-state index in [0.29, 0.717) is 39.0 Å². The number of carbonyl (C=O) groups is 2. The second-order valence-corrected chi connectivity index (χ2v) is 6.58. The smallest absolute Gasteiger partial charge is 0.253 e. The molecule has 1 aromatic carbocycles. The minimum Gasteiger partial charge on any atom is -0.339 e. The zero-order valence-corrected chi connectivity index (χ0v) is 15.2. The standard InChI is InChI=1S/C21H25N3O2/c1-2-17-5-8-19(9-6-17)21(26)24-14-12-23(13-15-24)20(25)10-7-18-4-3-11-22-16-18/h3-6,8-9,11,16H,2,7,10,12-15H2,1H3. The number of carbonyl (C=O) groups excluding carboxylic acids is 2. The van der Waals surface area contributed by atoms with Gasteiger partial charge in [0.15, 0.2) is 0 Å². The number of aryl methyl sites for hydroxylation is 2. The maximum absolute atomic E-state index is 12.6. The Morgan fingerprint density at radius 1 is 0.962 bits per heavy atom. The van der Waals surface area contributed by atoms with Crippen molar-refractivity contribution in [1.82, 2.24) is 14.8 Å². The molecule has 1 aliphatic heterocycles. The second-order valence-electron chi connectivity index (χ2n) is 6.58. The molecule has 0 spiro atoms. The highest BCUT2D eigenvalue weighted by atomic mass is 16.2. The third kappa shape index (κ3) is 4.48. The zero-order chi connectivity index (χ0) is 18.4. The van der Waals surface area contributed by atoms with Crippen LogP contribution >= 0.6 is 0 Å². The Morgan fingerprint density at radius 2 is 1.65 bits per heavy atom. The van der Waals surface area contributed by atoms with Crippen molar-refractivity contribution in [1.29, 1.82) is 0 Å². The van der Waals surface area contributed by atoms with Crippen molar-refractivity contribution < 1.29 is 9.59 Å². The highest BCUT2D eigenvalue weighted by Gasteiger charge is 2.24. The summed E-state index contributed by atoms with van der Waals surface area (Å²) in [5.74, 6) is 0.198. The number of pyridine rings is 1. The minimum atomic E-state index is 0.0510. The molecule has 5 nitrogen and oxygen atoms in total. The van der Waals surface area contributed by atoms with Gasteiger partial charge in [-0.1, -0.05) is 25.1 Å². The van der Waals surface area contributed by atoms with E-state index in [0.717, 1.165) is 17.5 Å². The summed E-state index contributed by atoms with van der Waals surface area (Å²) < 4.78 is 0. The molecule has 5 heteroatoms. The van der Waals surface area contributed by atoms with E-state index in [1.165, 1.54) is 5.56 Å². The molecule has 1 aromatic heterocycles. The summed E-state index contributed by atoms with van der Waals surface area (Å²) in [4.78, 5) is 32.8. The Kier molecular flexibility index (Phi) is 6.00. The normalized spacial score (nSPS) is 14.3. The first-order valence-electron chi connectivity index (χ1n) is 9.22. The van der Waals surface area contributed by atoms with Crippen LogP contribution in [0, 0.1) is 0 Å². The van der Waals surface area contributed by atoms with Gasteiger partial charge < -0.3 is 9.80 Å². The lowest BCUT2D eigenvalue weighted by Crippen LogP contribution is -2.50. The first-order valence-corrected chi connectivity index (χ1v) is 9.22. The van der Waals surface area contributed by atoms with Crippen molar-refractivity contribution in [3.63, 3.8) is 0 Å². The van der Waals surface area contributed by atoms with Crippen LogP contribution in [0.5, 0.6) is 0 Å². The van der Waals surface area contributed by atoms with E-state index < -0.39 is 0 Å². The average Bonchev–Trinajstić information content (AvgIpc) is 2.72. The molecule has 26 heavy (non-hydrogen) atoms. The predicted octanol–water partition coefficient (Wildman–Crippen LogP) is 2.56. The SMILES string of the molecule is CCc1ccc(C(=O)N2CCN(C(=O)CCc3cccnc3)CC2)cc1. The molecule has 2 heterocycles. The van der Waals surface area contributed by atoms with E-state index >= 15 is 0 Å². The molecule has 0 aliphatic carbocycles. The van der Waals surface area contributed by atoms with Crippen LogP contribution in [0.15, 0.2) is 48.8 Å². The summed E-state index contributed by atoms with van der Waals surface area (Å²) in [6.45, 7) is 4.48. The monoisotopic (exact) mass is 351 g/mol. The van der Waals surface area contributed by atoms with Gasteiger partial charge in [0, 0.05) is 50.6 Å². The van der Waals surface area contributed by atoms with Gasteiger partial charge in [-0.2, -0.15) is 0 Å². The number of hydrogen-bond donors (Lipinski definition) is 0. The van der Waals surface area contributed by atoms with Crippen molar-refractivity contribution >= 4 is 11.8 Å². The summed E-state index contributed by atoms with van der Waals surface area (Å²) in [6, 6.07) is 11.7. The van der Waals surface area contributed by atoms with Crippen LogP contribution in [0.4, 0.5) is 0 Å². The van der Waals surface area contributed by atoms with Gasteiger partial charge in [-0.25, -0.2) is 0 Å². The van der Waals surface area contributed by atoms with E-state index in [1.54, 1.807) is 12.4 Å². The Morgan fingerprint density at radius 3 is 2.27 bits per heavy atom. The molecule has 1 saturated heterocycles. The van der Waals surface area contributed by atoms with E-state index in [9.17, 15) is 9.59 Å². The molecule has 0 N–H and O–H groups in total. The molecule has 0 radical (unpaired) electrons. The minimum absolute atomic E-state index is 0.0510. The van der Waals surface area contributed by atoms with Crippen LogP contribution in [-0.4, -0.2) is 52.8 Å². The van der Waals surface area contributed by atoms with E-state index in [4.69, 9.17) is 0 Å². The lowest BCUT2D eigenvalue weighted by Gasteiger charge is -2.35. The Bertz CT molecular complexity index is 736. The third-order valence-electron chi connectivity index (χ3n) is 4.88. The molecule has 1 fully saturated rings. The molecule has 3 rings (SSSR count). The quantitative estimate of drug-likeness (QED) is 0.832. The van der Waals surface area contributed by atoms with E-state index in [1.807, 2.05) is 46.2 Å². The summed E-state index contributed by atoms with van der Waals surface area (Å²) in [5.41, 5.74) is 3.02. The lowest BCUT2D eigenvalue weighted by atomic mass is 10.1. The fourth-order valence-corrected chi connectivity index (χ4v) is 3.18. The fraction of sp³-hybridized carbons (Fsp3) is 0.381. The predicted molar refractivity (Wildman–Crippen MR) is 101 cm³/mol. The van der Waals surface area contributed by atoms with Crippen LogP contribution in [0.2, 0.25) is 0 Å². The topological polar surface area (TPSA) is 53.5 Å². The summed E-state index contributed by atoms with van der Waals surface area (Å²) >= 11 is 0. The van der Waals surface area contributed by atoms with Crippen LogP contribution in [0.1, 0.15) is 34.8 Å². The van der Waals surface area contributed by atoms with Crippen LogP contribution < -0.4 is 0 Å². The number of hydrogen-bond acceptors (Lipinski definition) is 3. The summed E-state index contributed by atoms with van der Waals surface area (Å²) in [7, 11) is 0. The van der Waals surface area contributed by atoms with Gasteiger partial charge in [0.05, 0.1) is 0 Å². The number of benzene rings is 1. The molecule has 0 saturated carbocycles. The van der Waals surface area contributed by atoms with E-state index in [2.05, 4.69) is 11.9 Å². The van der Waals surface area contributed by atoms with Crippen LogP contribution in [0.25, 0.3) is 0 Å². The second kappa shape index (κ2) is 8.61. The molecule has 0 bridgehead atoms. The van der Waals surface area contributed by atoms with Gasteiger partial charge >= 0.3 is 0 Å². The summed E-state index contributed by atoms with van der Waals surface area (Å²) in [6.07, 6.45) is 5.69. The molecule has 136 valence electrons. The number of rotatable bonds is 5. The lowest BCUT2D eigenvalue weighted by molar-refractivity contribution is -0.132. The van der Waals surface area contributed by atoms with Crippen molar-refractivity contribution in [2.24, 2.45) is 0 Å².